The van der Waals surface area contributed by atoms with Crippen LogP contribution in [0.15, 0.2) is 65.8 Å². The van der Waals surface area contributed by atoms with E-state index in [1.165, 1.54) is 21.3 Å². The Morgan fingerprint density at radius 1 is 0.976 bits per heavy atom. The number of nitrogens with zero attached hydrogens (tertiary/aromatic N) is 1. The molecule has 0 fully saturated rings. The van der Waals surface area contributed by atoms with E-state index in [-0.39, 0.29) is 28.5 Å². The molecule has 1 unspecified atom stereocenters. The second-order valence-electron chi connectivity index (χ2n) is 9.61. The first-order valence-electron chi connectivity index (χ1n) is 12.8. The molecule has 3 aromatic rings. The number of methoxy groups -OCH3 is 3. The highest BCUT2D eigenvalue weighted by molar-refractivity contribution is 6.40. The van der Waals surface area contributed by atoms with E-state index in [0.29, 0.717) is 34.0 Å². The minimum atomic E-state index is -1.36. The van der Waals surface area contributed by atoms with Gasteiger partial charge in [0.05, 0.1) is 42.6 Å². The summed E-state index contributed by atoms with van der Waals surface area (Å²) >= 11 is 12.3. The quantitative estimate of drug-likeness (QED) is 0.307. The van der Waals surface area contributed by atoms with Crippen molar-refractivity contribution in [2.24, 2.45) is 5.16 Å². The summed E-state index contributed by atoms with van der Waals surface area (Å²) in [7, 11) is 4.31. The van der Waals surface area contributed by atoms with Crippen LogP contribution >= 0.6 is 23.2 Å². The summed E-state index contributed by atoms with van der Waals surface area (Å²) < 4.78 is 15.6. The molecule has 42 heavy (non-hydrogen) atoms. The molecule has 0 radical (unpaired) electrons. The lowest BCUT2D eigenvalue weighted by molar-refractivity contribution is -0.150. The third-order valence-corrected chi connectivity index (χ3v) is 7.32. The summed E-state index contributed by atoms with van der Waals surface area (Å²) in [6.07, 6.45) is 0.286. The minimum Gasteiger partial charge on any atom is -0.493 e. The SMILES string of the molecule is COC(=O)[C@H](Cc1ccc(NC(=O)c2c(Cl)cccc2Cl)cc1)NC(=O)C1(C)CC(c2ccc(OC)c(OC)c2)=NO1. The fraction of sp³-hybridized carbons (Fsp3) is 0.267. The summed E-state index contributed by atoms with van der Waals surface area (Å²) in [4.78, 5) is 44.2. The number of amides is 2. The Morgan fingerprint density at radius 2 is 1.64 bits per heavy atom. The first-order valence-corrected chi connectivity index (χ1v) is 13.5. The van der Waals surface area contributed by atoms with Crippen LogP contribution in [0.25, 0.3) is 0 Å². The fourth-order valence-corrected chi connectivity index (χ4v) is 4.92. The normalized spacial score (nSPS) is 16.5. The van der Waals surface area contributed by atoms with Crippen molar-refractivity contribution < 1.29 is 33.4 Å². The molecule has 1 aliphatic rings. The number of carbonyl (C=O) groups is 3. The average Bonchev–Trinajstić information content (AvgIpc) is 3.40. The van der Waals surface area contributed by atoms with Gasteiger partial charge in [-0.3, -0.25) is 9.59 Å². The molecule has 4 rings (SSSR count). The van der Waals surface area contributed by atoms with Gasteiger partial charge in [-0.2, -0.15) is 0 Å². The van der Waals surface area contributed by atoms with E-state index in [0.717, 1.165) is 0 Å². The Hall–Kier alpha value is -4.28. The van der Waals surface area contributed by atoms with Crippen molar-refractivity contribution in [3.8, 4) is 11.5 Å². The molecular weight excluding hydrogens is 585 g/mol. The standard InChI is InChI=1S/C30H29Cl2N3O7/c1-30(16-23(35-42-30)18-10-13-24(39-2)25(15-18)40-3)29(38)34-22(28(37)41-4)14-17-8-11-19(12-9-17)33-27(36)26-20(31)6-5-7-21(26)32/h5-13,15,22H,14,16H2,1-4H3,(H,33,36)(H,34,38)/t22-,30?/m0/s1. The molecular formula is C30H29Cl2N3O7. The molecule has 10 nitrogen and oxygen atoms in total. The number of benzene rings is 3. The maximum atomic E-state index is 13.3. The number of anilines is 1. The first-order chi connectivity index (χ1) is 20.1. The molecule has 2 atom stereocenters. The lowest BCUT2D eigenvalue weighted by atomic mass is 9.94. The van der Waals surface area contributed by atoms with Crippen LogP contribution in [-0.4, -0.2) is 56.5 Å². The molecule has 2 amide bonds. The number of rotatable bonds is 10. The zero-order chi connectivity index (χ0) is 30.4. The Labute approximate surface area is 252 Å². The number of hydrogen-bond donors (Lipinski definition) is 2. The second kappa shape index (κ2) is 13.1. The molecule has 12 heteroatoms. The Bertz CT molecular complexity index is 1510. The summed E-state index contributed by atoms with van der Waals surface area (Å²) in [5.41, 5.74) is 1.25. The third kappa shape index (κ3) is 6.78. The van der Waals surface area contributed by atoms with Crippen LogP contribution in [0.2, 0.25) is 10.0 Å². The summed E-state index contributed by atoms with van der Waals surface area (Å²) in [5.74, 6) is -0.547. The number of ether oxygens (including phenoxy) is 3. The van der Waals surface area contributed by atoms with Crippen molar-refractivity contribution in [3.63, 3.8) is 0 Å². The minimum absolute atomic E-state index is 0.127. The third-order valence-electron chi connectivity index (χ3n) is 6.69. The monoisotopic (exact) mass is 613 g/mol. The molecule has 0 spiro atoms. The number of esters is 1. The molecule has 1 heterocycles. The van der Waals surface area contributed by atoms with Gasteiger partial charge >= 0.3 is 5.97 Å². The molecule has 0 aliphatic carbocycles. The predicted molar refractivity (Wildman–Crippen MR) is 159 cm³/mol. The summed E-state index contributed by atoms with van der Waals surface area (Å²) in [6, 6.07) is 15.8. The molecule has 1 aliphatic heterocycles. The van der Waals surface area contributed by atoms with Crippen molar-refractivity contribution in [1.82, 2.24) is 5.32 Å². The van der Waals surface area contributed by atoms with Crippen LogP contribution < -0.4 is 20.1 Å². The highest BCUT2D eigenvalue weighted by Gasteiger charge is 2.44. The highest BCUT2D eigenvalue weighted by atomic mass is 35.5. The predicted octanol–water partition coefficient (Wildman–Crippen LogP) is 5.05. The van der Waals surface area contributed by atoms with Crippen LogP contribution in [0.5, 0.6) is 11.5 Å². The molecule has 0 aromatic heterocycles. The van der Waals surface area contributed by atoms with E-state index in [1.54, 1.807) is 67.6 Å². The van der Waals surface area contributed by atoms with Gasteiger partial charge in [-0.1, -0.05) is 46.6 Å². The van der Waals surface area contributed by atoms with Gasteiger partial charge in [-0.25, -0.2) is 4.79 Å². The van der Waals surface area contributed by atoms with E-state index < -0.39 is 29.4 Å². The van der Waals surface area contributed by atoms with E-state index in [1.807, 2.05) is 0 Å². The van der Waals surface area contributed by atoms with Crippen molar-refractivity contribution in [3.05, 3.63) is 87.4 Å². The highest BCUT2D eigenvalue weighted by Crippen LogP contribution is 2.32. The van der Waals surface area contributed by atoms with E-state index in [2.05, 4.69) is 15.8 Å². The van der Waals surface area contributed by atoms with Crippen molar-refractivity contribution in [2.75, 3.05) is 26.6 Å². The van der Waals surface area contributed by atoms with Gasteiger partial charge in [0.1, 0.15) is 6.04 Å². The lowest BCUT2D eigenvalue weighted by Gasteiger charge is -2.24. The molecule has 0 saturated heterocycles. The largest absolute Gasteiger partial charge is 0.493 e. The van der Waals surface area contributed by atoms with Gasteiger partial charge in [0.15, 0.2) is 11.5 Å². The Morgan fingerprint density at radius 3 is 2.26 bits per heavy atom. The smallest absolute Gasteiger partial charge is 0.328 e. The van der Waals surface area contributed by atoms with Crippen molar-refractivity contribution >= 4 is 52.4 Å². The molecule has 220 valence electrons. The van der Waals surface area contributed by atoms with Gasteiger partial charge in [-0.05, 0) is 55.0 Å². The summed E-state index contributed by atoms with van der Waals surface area (Å²) in [6.45, 7) is 1.59. The average molecular weight is 614 g/mol. The molecule has 2 N–H and O–H groups in total. The maximum Gasteiger partial charge on any atom is 0.328 e. The van der Waals surface area contributed by atoms with E-state index in [9.17, 15) is 14.4 Å². The molecule has 0 saturated carbocycles. The van der Waals surface area contributed by atoms with Crippen LogP contribution in [0.4, 0.5) is 5.69 Å². The topological polar surface area (TPSA) is 125 Å². The zero-order valence-corrected chi connectivity index (χ0v) is 24.8. The van der Waals surface area contributed by atoms with Crippen LogP contribution in [0, 0.1) is 0 Å². The second-order valence-corrected chi connectivity index (χ2v) is 10.4. The number of carbonyl (C=O) groups excluding carboxylic acids is 3. The summed E-state index contributed by atoms with van der Waals surface area (Å²) in [5, 5.41) is 10.1. The molecule has 3 aromatic carbocycles. The zero-order valence-electron chi connectivity index (χ0n) is 23.3. The Kier molecular flexibility index (Phi) is 9.59. The van der Waals surface area contributed by atoms with Gasteiger partial charge < -0.3 is 29.7 Å². The van der Waals surface area contributed by atoms with Crippen molar-refractivity contribution in [2.45, 2.75) is 31.4 Å². The maximum absolute atomic E-state index is 13.3. The van der Waals surface area contributed by atoms with E-state index >= 15 is 0 Å². The van der Waals surface area contributed by atoms with Crippen molar-refractivity contribution in [1.29, 1.82) is 0 Å². The number of halogens is 2. The Balaban J connectivity index is 1.41. The first kappa shape index (κ1) is 30.7. The number of hydrogen-bond acceptors (Lipinski definition) is 8. The lowest BCUT2D eigenvalue weighted by Crippen LogP contribution is -2.52. The van der Waals surface area contributed by atoms with Crippen LogP contribution in [-0.2, 0) is 25.6 Å². The van der Waals surface area contributed by atoms with Gasteiger partial charge in [-0.15, -0.1) is 0 Å². The molecule has 0 bridgehead atoms. The number of nitrogens with one attached hydrogen (secondary N) is 2. The van der Waals surface area contributed by atoms with Gasteiger partial charge in [0.2, 0.25) is 5.60 Å². The van der Waals surface area contributed by atoms with E-state index in [4.69, 9.17) is 42.3 Å². The van der Waals surface area contributed by atoms with Gasteiger partial charge in [0, 0.05) is 24.1 Å². The van der Waals surface area contributed by atoms with Crippen LogP contribution in [0.3, 0.4) is 0 Å². The number of oxime groups is 1. The fourth-order valence-electron chi connectivity index (χ4n) is 4.35. The van der Waals surface area contributed by atoms with Gasteiger partial charge in [0.25, 0.3) is 11.8 Å². The van der Waals surface area contributed by atoms with Crippen LogP contribution in [0.1, 0.15) is 34.8 Å².